The van der Waals surface area contributed by atoms with Gasteiger partial charge >= 0.3 is 0 Å². The van der Waals surface area contributed by atoms with Crippen LogP contribution in [0, 0.1) is 12.7 Å². The molecule has 0 saturated carbocycles. The third kappa shape index (κ3) is 6.44. The summed E-state index contributed by atoms with van der Waals surface area (Å²) < 4.78 is 14.9. The summed E-state index contributed by atoms with van der Waals surface area (Å²) >= 11 is 0. The molecular formula is C32H32FN3O3. The van der Waals surface area contributed by atoms with Crippen LogP contribution in [0.3, 0.4) is 0 Å². The molecule has 4 aromatic rings. The highest BCUT2D eigenvalue weighted by Gasteiger charge is 2.18. The number of nitrogens with zero attached hydrogens (tertiary/aromatic N) is 1. The van der Waals surface area contributed by atoms with Crippen LogP contribution >= 0.6 is 0 Å². The normalized spacial score (nSPS) is 13.9. The number of aromatic amines is 1. The van der Waals surface area contributed by atoms with Gasteiger partial charge in [0.25, 0.3) is 0 Å². The van der Waals surface area contributed by atoms with Gasteiger partial charge in [-0.3, -0.25) is 9.59 Å². The molecule has 0 bridgehead atoms. The minimum atomic E-state index is -0.440. The van der Waals surface area contributed by atoms with E-state index in [2.05, 4.69) is 15.2 Å². The summed E-state index contributed by atoms with van der Waals surface area (Å²) in [4.78, 5) is 30.5. The molecule has 1 aliphatic heterocycles. The van der Waals surface area contributed by atoms with Crippen molar-refractivity contribution in [3.63, 3.8) is 0 Å². The van der Waals surface area contributed by atoms with Crippen LogP contribution in [0.25, 0.3) is 0 Å². The summed E-state index contributed by atoms with van der Waals surface area (Å²) in [5.41, 5.74) is 5.73. The van der Waals surface area contributed by atoms with Crippen LogP contribution in [0.15, 0.2) is 79.1 Å². The lowest BCUT2D eigenvalue weighted by atomic mass is 10.0. The SMILES string of the molecule is Cc1c[nH]cc1C(=O)Cc1ccc(Nc2ccc(CC(=O)c3ccc(N4CCC(O)CC4)cc3)cc2F)cc1. The first-order valence-electron chi connectivity index (χ1n) is 13.2. The predicted molar refractivity (Wildman–Crippen MR) is 152 cm³/mol. The zero-order valence-electron chi connectivity index (χ0n) is 21.9. The molecular weight excluding hydrogens is 493 g/mol. The highest BCUT2D eigenvalue weighted by molar-refractivity contribution is 5.99. The van der Waals surface area contributed by atoms with Gasteiger partial charge in [0.2, 0.25) is 0 Å². The first-order chi connectivity index (χ1) is 18.9. The maximum absolute atomic E-state index is 14.9. The number of hydrogen-bond acceptors (Lipinski definition) is 5. The number of anilines is 3. The number of aliphatic hydroxyl groups excluding tert-OH is 1. The standard InChI is InChI=1S/C32H32FN3O3/c1-21-19-34-20-28(21)32(39)17-22-2-7-25(8-3-22)35-30-11-4-23(16-29(30)33)18-31(38)24-5-9-26(10-6-24)36-14-12-27(37)13-15-36/h2-11,16,19-20,27,34-35,37H,12-15,17-18H2,1H3. The molecule has 200 valence electrons. The van der Waals surface area contributed by atoms with E-state index in [1.165, 1.54) is 6.07 Å². The minimum absolute atomic E-state index is 0.0457. The number of hydrogen-bond donors (Lipinski definition) is 3. The van der Waals surface area contributed by atoms with E-state index in [0.29, 0.717) is 34.5 Å². The predicted octanol–water partition coefficient (Wildman–Crippen LogP) is 6.02. The number of aliphatic hydroxyl groups is 1. The van der Waals surface area contributed by atoms with E-state index < -0.39 is 5.82 Å². The highest BCUT2D eigenvalue weighted by Crippen LogP contribution is 2.24. The number of aryl methyl sites for hydroxylation is 1. The maximum Gasteiger partial charge on any atom is 0.169 e. The van der Waals surface area contributed by atoms with Crippen molar-refractivity contribution in [2.45, 2.75) is 38.7 Å². The largest absolute Gasteiger partial charge is 0.393 e. The van der Waals surface area contributed by atoms with Crippen molar-refractivity contribution in [2.75, 3.05) is 23.3 Å². The lowest BCUT2D eigenvalue weighted by Gasteiger charge is -2.31. The molecule has 39 heavy (non-hydrogen) atoms. The van der Waals surface area contributed by atoms with Crippen molar-refractivity contribution in [3.05, 3.63) is 113 Å². The summed E-state index contributed by atoms with van der Waals surface area (Å²) in [6.45, 7) is 3.49. The van der Waals surface area contributed by atoms with Crippen LogP contribution in [-0.4, -0.2) is 40.9 Å². The lowest BCUT2D eigenvalue weighted by molar-refractivity contribution is 0.0984. The van der Waals surface area contributed by atoms with E-state index in [9.17, 15) is 19.1 Å². The number of aromatic nitrogens is 1. The topological polar surface area (TPSA) is 85.4 Å². The Bertz CT molecular complexity index is 1450. The van der Waals surface area contributed by atoms with Crippen LogP contribution in [0.4, 0.5) is 21.5 Å². The molecule has 6 nitrogen and oxygen atoms in total. The molecule has 0 amide bonds. The summed E-state index contributed by atoms with van der Waals surface area (Å²) in [5, 5.41) is 12.8. The average molecular weight is 526 g/mol. The van der Waals surface area contributed by atoms with Gasteiger partial charge in [-0.15, -0.1) is 0 Å². The van der Waals surface area contributed by atoms with Crippen molar-refractivity contribution in [1.82, 2.24) is 4.98 Å². The third-order valence-corrected chi connectivity index (χ3v) is 7.27. The fourth-order valence-electron chi connectivity index (χ4n) is 4.92. The highest BCUT2D eigenvalue weighted by atomic mass is 19.1. The van der Waals surface area contributed by atoms with Gasteiger partial charge in [-0.25, -0.2) is 4.39 Å². The number of halogens is 1. The van der Waals surface area contributed by atoms with E-state index >= 15 is 0 Å². The molecule has 3 N–H and O–H groups in total. The van der Waals surface area contributed by atoms with E-state index in [-0.39, 0.29) is 24.1 Å². The van der Waals surface area contributed by atoms with Crippen LogP contribution in [0.1, 0.15) is 50.2 Å². The second-order valence-electron chi connectivity index (χ2n) is 10.2. The van der Waals surface area contributed by atoms with Crippen LogP contribution in [0.2, 0.25) is 0 Å². The molecule has 0 atom stereocenters. The molecule has 1 aromatic heterocycles. The fourth-order valence-corrected chi connectivity index (χ4v) is 4.92. The van der Waals surface area contributed by atoms with E-state index in [4.69, 9.17) is 0 Å². The van der Waals surface area contributed by atoms with Crippen molar-refractivity contribution >= 4 is 28.6 Å². The molecule has 0 unspecified atom stereocenters. The molecule has 3 aromatic carbocycles. The van der Waals surface area contributed by atoms with Gasteiger partial charge in [0, 0.05) is 60.8 Å². The Labute approximate surface area is 227 Å². The van der Waals surface area contributed by atoms with Gasteiger partial charge in [0.15, 0.2) is 11.6 Å². The van der Waals surface area contributed by atoms with Gasteiger partial charge < -0.3 is 20.3 Å². The lowest BCUT2D eigenvalue weighted by Crippen LogP contribution is -2.35. The van der Waals surface area contributed by atoms with Gasteiger partial charge in [0.05, 0.1) is 11.8 Å². The van der Waals surface area contributed by atoms with Gasteiger partial charge in [-0.05, 0) is 85.0 Å². The molecule has 0 spiro atoms. The van der Waals surface area contributed by atoms with Crippen LogP contribution in [-0.2, 0) is 12.8 Å². The zero-order chi connectivity index (χ0) is 27.4. The van der Waals surface area contributed by atoms with Gasteiger partial charge in [-0.2, -0.15) is 0 Å². The van der Waals surface area contributed by atoms with Gasteiger partial charge in [-0.1, -0.05) is 18.2 Å². The van der Waals surface area contributed by atoms with E-state index in [1.54, 1.807) is 24.5 Å². The smallest absolute Gasteiger partial charge is 0.169 e. The van der Waals surface area contributed by atoms with Gasteiger partial charge in [0.1, 0.15) is 5.82 Å². The Hall–Kier alpha value is -4.23. The number of H-pyrrole nitrogens is 1. The quantitative estimate of drug-likeness (QED) is 0.233. The average Bonchev–Trinajstić information content (AvgIpc) is 3.38. The summed E-state index contributed by atoms with van der Waals surface area (Å²) in [6, 6.07) is 19.6. The first-order valence-corrected chi connectivity index (χ1v) is 13.2. The number of ketones is 2. The molecule has 1 saturated heterocycles. The Kier molecular flexibility index (Phi) is 7.89. The molecule has 1 aliphatic rings. The number of benzene rings is 3. The van der Waals surface area contributed by atoms with Crippen molar-refractivity contribution in [1.29, 1.82) is 0 Å². The van der Waals surface area contributed by atoms with Crippen LogP contribution in [0.5, 0.6) is 0 Å². The second-order valence-corrected chi connectivity index (χ2v) is 10.2. The Morgan fingerprint density at radius 3 is 2.23 bits per heavy atom. The summed E-state index contributed by atoms with van der Waals surface area (Å²) in [6.07, 6.45) is 5.18. The zero-order valence-corrected chi connectivity index (χ0v) is 21.9. The monoisotopic (exact) mass is 525 g/mol. The second kappa shape index (κ2) is 11.7. The van der Waals surface area contributed by atoms with Crippen molar-refractivity contribution in [3.8, 4) is 0 Å². The molecule has 0 radical (unpaired) electrons. The molecule has 1 fully saturated rings. The third-order valence-electron chi connectivity index (χ3n) is 7.27. The number of Topliss-reactive ketones (excluding diaryl/α,β-unsaturated/α-hetero) is 2. The maximum atomic E-state index is 14.9. The Morgan fingerprint density at radius 2 is 1.59 bits per heavy atom. The molecule has 0 aliphatic carbocycles. The number of rotatable bonds is 9. The van der Waals surface area contributed by atoms with Crippen LogP contribution < -0.4 is 10.2 Å². The van der Waals surface area contributed by atoms with E-state index in [1.807, 2.05) is 55.5 Å². The Balaban J connectivity index is 1.17. The number of carbonyl (C=O) groups is 2. The van der Waals surface area contributed by atoms with E-state index in [0.717, 1.165) is 42.7 Å². The fraction of sp³-hybridized carbons (Fsp3) is 0.250. The summed E-state index contributed by atoms with van der Waals surface area (Å²) in [5.74, 6) is -0.467. The molecule has 2 heterocycles. The minimum Gasteiger partial charge on any atom is -0.393 e. The number of nitrogens with one attached hydrogen (secondary N) is 2. The molecule has 5 rings (SSSR count). The first kappa shape index (κ1) is 26.4. The van der Waals surface area contributed by atoms with Crippen molar-refractivity contribution < 1.29 is 19.1 Å². The van der Waals surface area contributed by atoms with Crippen molar-refractivity contribution in [2.24, 2.45) is 0 Å². The molecule has 7 heteroatoms. The number of piperidine rings is 1. The summed E-state index contributed by atoms with van der Waals surface area (Å²) in [7, 11) is 0. The Morgan fingerprint density at radius 1 is 0.923 bits per heavy atom. The number of carbonyl (C=O) groups excluding carboxylic acids is 2.